The van der Waals surface area contributed by atoms with Gasteiger partial charge in [0, 0.05) is 19.0 Å². The topological polar surface area (TPSA) is 108 Å². The Labute approximate surface area is 244 Å². The fourth-order valence-electron chi connectivity index (χ4n) is 5.36. The fraction of sp³-hybridized carbons (Fsp3) is 0.545. The average Bonchev–Trinajstić information content (AvgIpc) is 2.90. The number of aromatic hydroxyl groups is 1. The van der Waals surface area contributed by atoms with Gasteiger partial charge in [-0.1, -0.05) is 62.1 Å². The van der Waals surface area contributed by atoms with E-state index in [0.29, 0.717) is 13.0 Å². The van der Waals surface area contributed by atoms with E-state index < -0.39 is 23.8 Å². The van der Waals surface area contributed by atoms with Gasteiger partial charge in [0.05, 0.1) is 0 Å². The molecular weight excluding hydrogens is 518 g/mol. The van der Waals surface area contributed by atoms with Gasteiger partial charge < -0.3 is 25.4 Å². The van der Waals surface area contributed by atoms with Crippen molar-refractivity contribution in [1.29, 1.82) is 0 Å². The number of carbonyl (C=O) groups excluding carboxylic acids is 3. The van der Waals surface area contributed by atoms with Crippen molar-refractivity contribution in [2.24, 2.45) is 0 Å². The minimum Gasteiger partial charge on any atom is -0.508 e. The summed E-state index contributed by atoms with van der Waals surface area (Å²) in [6.07, 6.45) is 5.26. The monoisotopic (exact) mass is 565 g/mol. The molecule has 0 spiro atoms. The van der Waals surface area contributed by atoms with E-state index in [0.717, 1.165) is 47.9 Å². The number of phenolic OH excluding ortho intramolecular Hbond substituents is 1. The van der Waals surface area contributed by atoms with Crippen LogP contribution in [0, 0.1) is 13.8 Å². The van der Waals surface area contributed by atoms with Crippen LogP contribution in [0.15, 0.2) is 42.5 Å². The van der Waals surface area contributed by atoms with Crippen molar-refractivity contribution >= 4 is 17.9 Å². The van der Waals surface area contributed by atoms with Crippen LogP contribution in [-0.2, 0) is 20.7 Å². The molecule has 8 heteroatoms. The molecule has 1 saturated carbocycles. The molecule has 2 aromatic carbocycles. The first-order chi connectivity index (χ1) is 19.4. The predicted octanol–water partition coefficient (Wildman–Crippen LogP) is 5.87. The van der Waals surface area contributed by atoms with Gasteiger partial charge in [0.15, 0.2) is 0 Å². The standard InChI is InChI=1S/C33H47N3O5/c1-7-19-36(29(27-20-22(2)13-14-23(27)3)30(38)34-25-11-9-8-10-12-25)31(39)28(35-32(40)41-33(4,5)6)21-24-15-17-26(37)18-16-24/h13-18,20,25,28-29,37H,7-12,19,21H2,1-6H3,(H,34,38)(H,35,40). The molecule has 41 heavy (non-hydrogen) atoms. The zero-order valence-electron chi connectivity index (χ0n) is 25.5. The molecule has 1 aliphatic rings. The van der Waals surface area contributed by atoms with E-state index in [4.69, 9.17) is 4.74 Å². The number of amides is 3. The molecule has 3 rings (SSSR count). The minimum atomic E-state index is -0.990. The number of alkyl carbamates (subject to hydrolysis) is 1. The first-order valence-electron chi connectivity index (χ1n) is 14.8. The van der Waals surface area contributed by atoms with Crippen LogP contribution in [0.1, 0.15) is 94.5 Å². The normalized spacial score (nSPS) is 15.5. The zero-order chi connectivity index (χ0) is 30.2. The first-order valence-corrected chi connectivity index (χ1v) is 14.8. The van der Waals surface area contributed by atoms with Crippen LogP contribution < -0.4 is 10.6 Å². The lowest BCUT2D eigenvalue weighted by Gasteiger charge is -2.36. The van der Waals surface area contributed by atoms with E-state index in [9.17, 15) is 19.5 Å². The SMILES string of the molecule is CCCN(C(=O)C(Cc1ccc(O)cc1)NC(=O)OC(C)(C)C)C(C(=O)NC1CCCCC1)c1cc(C)ccc1C. The Morgan fingerprint density at radius 2 is 1.68 bits per heavy atom. The van der Waals surface area contributed by atoms with E-state index in [1.54, 1.807) is 49.9 Å². The summed E-state index contributed by atoms with van der Waals surface area (Å²) >= 11 is 0. The molecule has 2 aromatic rings. The lowest BCUT2D eigenvalue weighted by atomic mass is 9.93. The second-order valence-electron chi connectivity index (χ2n) is 12.2. The van der Waals surface area contributed by atoms with Crippen LogP contribution in [-0.4, -0.2) is 52.1 Å². The van der Waals surface area contributed by atoms with E-state index in [-0.39, 0.29) is 30.0 Å². The molecule has 2 atom stereocenters. The van der Waals surface area contributed by atoms with Gasteiger partial charge in [-0.05, 0) is 82.7 Å². The third kappa shape index (κ3) is 9.51. The molecular formula is C33H47N3O5. The van der Waals surface area contributed by atoms with E-state index >= 15 is 0 Å². The summed E-state index contributed by atoms with van der Waals surface area (Å²) in [7, 11) is 0. The van der Waals surface area contributed by atoms with Crippen molar-refractivity contribution in [3.8, 4) is 5.75 Å². The largest absolute Gasteiger partial charge is 0.508 e. The predicted molar refractivity (Wildman–Crippen MR) is 161 cm³/mol. The number of benzene rings is 2. The molecule has 3 N–H and O–H groups in total. The van der Waals surface area contributed by atoms with Crippen LogP contribution >= 0.6 is 0 Å². The van der Waals surface area contributed by atoms with E-state index in [1.165, 1.54) is 6.42 Å². The first kappa shape index (κ1) is 32.0. The highest BCUT2D eigenvalue weighted by molar-refractivity contribution is 5.92. The second kappa shape index (κ2) is 14.4. The summed E-state index contributed by atoms with van der Waals surface area (Å²) in [5, 5.41) is 15.8. The minimum absolute atomic E-state index is 0.0788. The molecule has 0 heterocycles. The van der Waals surface area contributed by atoms with Crippen molar-refractivity contribution in [3.63, 3.8) is 0 Å². The second-order valence-corrected chi connectivity index (χ2v) is 12.2. The molecule has 0 aromatic heterocycles. The number of carbonyl (C=O) groups is 3. The van der Waals surface area contributed by atoms with Crippen LogP contribution in [0.4, 0.5) is 4.79 Å². The number of hydrogen-bond acceptors (Lipinski definition) is 5. The number of phenols is 1. The molecule has 0 bridgehead atoms. The lowest BCUT2D eigenvalue weighted by Crippen LogP contribution is -2.54. The maximum atomic E-state index is 14.4. The maximum absolute atomic E-state index is 14.4. The Morgan fingerprint density at radius 3 is 2.29 bits per heavy atom. The molecule has 2 unspecified atom stereocenters. The fourth-order valence-corrected chi connectivity index (χ4v) is 5.36. The quantitative estimate of drug-likeness (QED) is 0.334. The van der Waals surface area contributed by atoms with Crippen LogP contribution in [0.25, 0.3) is 0 Å². The highest BCUT2D eigenvalue weighted by Gasteiger charge is 2.37. The Balaban J connectivity index is 2.03. The Hall–Kier alpha value is -3.55. The summed E-state index contributed by atoms with van der Waals surface area (Å²) < 4.78 is 5.50. The van der Waals surface area contributed by atoms with Crippen molar-refractivity contribution in [1.82, 2.24) is 15.5 Å². The van der Waals surface area contributed by atoms with Crippen molar-refractivity contribution in [3.05, 3.63) is 64.7 Å². The van der Waals surface area contributed by atoms with E-state index in [1.807, 2.05) is 39.0 Å². The Kier molecular flexibility index (Phi) is 11.2. The number of rotatable bonds is 10. The summed E-state index contributed by atoms with van der Waals surface area (Å²) in [6.45, 7) is 11.5. The van der Waals surface area contributed by atoms with Gasteiger partial charge in [-0.25, -0.2) is 4.79 Å². The summed E-state index contributed by atoms with van der Waals surface area (Å²) in [6, 6.07) is 10.7. The molecule has 224 valence electrons. The smallest absolute Gasteiger partial charge is 0.408 e. The van der Waals surface area contributed by atoms with Gasteiger partial charge in [0.1, 0.15) is 23.4 Å². The third-order valence-electron chi connectivity index (χ3n) is 7.35. The highest BCUT2D eigenvalue weighted by Crippen LogP contribution is 2.29. The Bertz CT molecular complexity index is 1180. The van der Waals surface area contributed by atoms with Gasteiger partial charge in [-0.2, -0.15) is 0 Å². The summed E-state index contributed by atoms with van der Waals surface area (Å²) in [4.78, 5) is 43.0. The maximum Gasteiger partial charge on any atom is 0.408 e. The van der Waals surface area contributed by atoms with Crippen molar-refractivity contribution in [2.75, 3.05) is 6.54 Å². The number of aryl methyl sites for hydroxylation is 2. The Morgan fingerprint density at radius 1 is 1.02 bits per heavy atom. The van der Waals surface area contributed by atoms with Crippen LogP contribution in [0.2, 0.25) is 0 Å². The number of ether oxygens (including phenoxy) is 1. The third-order valence-corrected chi connectivity index (χ3v) is 7.35. The molecule has 0 saturated heterocycles. The summed E-state index contributed by atoms with van der Waals surface area (Å²) in [5.41, 5.74) is 2.70. The highest BCUT2D eigenvalue weighted by atomic mass is 16.6. The van der Waals surface area contributed by atoms with Gasteiger partial charge >= 0.3 is 6.09 Å². The molecule has 8 nitrogen and oxygen atoms in total. The van der Waals surface area contributed by atoms with Gasteiger partial charge in [-0.3, -0.25) is 9.59 Å². The molecule has 3 amide bonds. The van der Waals surface area contributed by atoms with Crippen molar-refractivity contribution < 1.29 is 24.2 Å². The number of nitrogens with zero attached hydrogens (tertiary/aromatic N) is 1. The van der Waals surface area contributed by atoms with Crippen LogP contribution in [0.3, 0.4) is 0 Å². The molecule has 1 fully saturated rings. The summed E-state index contributed by atoms with van der Waals surface area (Å²) in [5.74, 6) is -0.456. The van der Waals surface area contributed by atoms with Gasteiger partial charge in [0.2, 0.25) is 11.8 Å². The molecule has 1 aliphatic carbocycles. The van der Waals surface area contributed by atoms with Crippen LogP contribution in [0.5, 0.6) is 5.75 Å². The van der Waals surface area contributed by atoms with Gasteiger partial charge in [0.25, 0.3) is 0 Å². The lowest BCUT2D eigenvalue weighted by molar-refractivity contribution is -0.143. The molecule has 0 radical (unpaired) electrons. The van der Waals surface area contributed by atoms with Gasteiger partial charge in [-0.15, -0.1) is 0 Å². The number of hydrogen-bond donors (Lipinski definition) is 3. The zero-order valence-corrected chi connectivity index (χ0v) is 25.5. The van der Waals surface area contributed by atoms with Crippen molar-refractivity contribution in [2.45, 2.75) is 110 Å². The molecule has 0 aliphatic heterocycles. The average molecular weight is 566 g/mol. The van der Waals surface area contributed by atoms with E-state index in [2.05, 4.69) is 10.6 Å². The number of nitrogens with one attached hydrogen (secondary N) is 2.